The van der Waals surface area contributed by atoms with Crippen LogP contribution in [0.3, 0.4) is 0 Å². The van der Waals surface area contributed by atoms with Crippen LogP contribution in [0.1, 0.15) is 22.5 Å². The second-order valence-corrected chi connectivity index (χ2v) is 6.05. The van der Waals surface area contributed by atoms with Crippen LogP contribution >= 0.6 is 11.6 Å². The van der Waals surface area contributed by atoms with Crippen molar-refractivity contribution in [2.45, 2.75) is 20.8 Å². The van der Waals surface area contributed by atoms with E-state index in [1.165, 1.54) is 11.1 Å². The highest BCUT2D eigenvalue weighted by atomic mass is 35.5. The molecule has 0 radical (unpaired) electrons. The summed E-state index contributed by atoms with van der Waals surface area (Å²) in [4.78, 5) is 4.48. The zero-order valence-corrected chi connectivity index (χ0v) is 14.2. The Morgan fingerprint density at radius 3 is 2.57 bits per heavy atom. The molecule has 0 fully saturated rings. The van der Waals surface area contributed by atoms with Crippen molar-refractivity contribution >= 4 is 23.5 Å². The van der Waals surface area contributed by atoms with Gasteiger partial charge in [0, 0.05) is 10.6 Å². The van der Waals surface area contributed by atoms with Gasteiger partial charge >= 0.3 is 0 Å². The maximum absolute atomic E-state index is 6.17. The van der Waals surface area contributed by atoms with Gasteiger partial charge in [-0.3, -0.25) is 4.99 Å². The van der Waals surface area contributed by atoms with Gasteiger partial charge in [0.05, 0.1) is 11.9 Å². The predicted octanol–water partition coefficient (Wildman–Crippen LogP) is 6.28. The van der Waals surface area contributed by atoms with Gasteiger partial charge in [-0.05, 0) is 67.8 Å². The third-order valence-corrected chi connectivity index (χ3v) is 4.40. The molecule has 0 aliphatic heterocycles. The Morgan fingerprint density at radius 2 is 1.78 bits per heavy atom. The minimum Gasteiger partial charge on any atom is -0.455 e. The zero-order chi connectivity index (χ0) is 16.4. The Morgan fingerprint density at radius 1 is 0.957 bits per heavy atom. The summed E-state index contributed by atoms with van der Waals surface area (Å²) in [6, 6.07) is 15.8. The van der Waals surface area contributed by atoms with E-state index >= 15 is 0 Å². The van der Waals surface area contributed by atoms with Gasteiger partial charge in [0.1, 0.15) is 11.5 Å². The Hall–Kier alpha value is -2.32. The van der Waals surface area contributed by atoms with Crippen LogP contribution in [-0.4, -0.2) is 6.21 Å². The van der Waals surface area contributed by atoms with E-state index in [4.69, 9.17) is 16.0 Å². The van der Waals surface area contributed by atoms with Crippen molar-refractivity contribution in [1.82, 2.24) is 0 Å². The lowest BCUT2D eigenvalue weighted by Gasteiger charge is -2.03. The molecule has 2 aromatic carbocycles. The summed E-state index contributed by atoms with van der Waals surface area (Å²) in [7, 11) is 0. The Bertz CT molecular complexity index is 877. The van der Waals surface area contributed by atoms with E-state index in [9.17, 15) is 0 Å². The number of benzene rings is 2. The van der Waals surface area contributed by atoms with Crippen LogP contribution in [0.5, 0.6) is 0 Å². The quantitative estimate of drug-likeness (QED) is 0.521. The standard InChI is InChI=1S/C20H18ClNO/c1-13-7-8-16(11-14(13)2)22-12-17-9-10-20(23-17)18-5-4-6-19(21)15(18)3/h4-12H,1-3H3. The molecule has 0 atom stereocenters. The number of hydrogen-bond acceptors (Lipinski definition) is 2. The van der Waals surface area contributed by atoms with Crippen molar-refractivity contribution in [2.24, 2.45) is 4.99 Å². The molecule has 0 amide bonds. The molecule has 0 spiro atoms. The molecule has 2 nitrogen and oxygen atoms in total. The van der Waals surface area contributed by atoms with Crippen molar-refractivity contribution in [3.63, 3.8) is 0 Å². The fourth-order valence-corrected chi connectivity index (χ4v) is 2.56. The van der Waals surface area contributed by atoms with Crippen LogP contribution in [0.4, 0.5) is 5.69 Å². The molecule has 0 unspecified atom stereocenters. The molecule has 0 aliphatic carbocycles. The molecule has 0 saturated heterocycles. The minimum absolute atomic E-state index is 0.720. The first kappa shape index (κ1) is 15.6. The summed E-state index contributed by atoms with van der Waals surface area (Å²) in [6.45, 7) is 6.17. The van der Waals surface area contributed by atoms with Gasteiger partial charge in [-0.25, -0.2) is 0 Å². The van der Waals surface area contributed by atoms with Gasteiger partial charge in [-0.2, -0.15) is 0 Å². The highest BCUT2D eigenvalue weighted by molar-refractivity contribution is 6.31. The number of hydrogen-bond donors (Lipinski definition) is 0. The molecule has 0 saturated carbocycles. The van der Waals surface area contributed by atoms with Gasteiger partial charge in [-0.15, -0.1) is 0 Å². The molecule has 0 aliphatic rings. The number of rotatable bonds is 3. The smallest absolute Gasteiger partial charge is 0.145 e. The number of aliphatic imine (C=N–C) groups is 1. The second-order valence-electron chi connectivity index (χ2n) is 5.64. The summed E-state index contributed by atoms with van der Waals surface area (Å²) >= 11 is 6.17. The van der Waals surface area contributed by atoms with Crippen molar-refractivity contribution < 1.29 is 4.42 Å². The number of halogens is 1. The molecule has 3 rings (SSSR count). The first-order valence-corrected chi connectivity index (χ1v) is 7.89. The van der Waals surface area contributed by atoms with E-state index in [-0.39, 0.29) is 0 Å². The average molecular weight is 324 g/mol. The average Bonchev–Trinajstić information content (AvgIpc) is 3.00. The molecule has 3 heteroatoms. The van der Waals surface area contributed by atoms with Crippen LogP contribution < -0.4 is 0 Å². The fourth-order valence-electron chi connectivity index (χ4n) is 2.39. The van der Waals surface area contributed by atoms with E-state index in [1.807, 2.05) is 43.3 Å². The highest BCUT2D eigenvalue weighted by Crippen LogP contribution is 2.29. The molecular weight excluding hydrogens is 306 g/mol. The Balaban J connectivity index is 1.86. The molecule has 0 N–H and O–H groups in total. The normalized spacial score (nSPS) is 11.3. The first-order chi connectivity index (χ1) is 11.0. The van der Waals surface area contributed by atoms with Crippen molar-refractivity contribution in [3.05, 3.63) is 76.0 Å². The highest BCUT2D eigenvalue weighted by Gasteiger charge is 2.08. The van der Waals surface area contributed by atoms with E-state index in [2.05, 4.69) is 31.0 Å². The summed E-state index contributed by atoms with van der Waals surface area (Å²) in [5.74, 6) is 1.52. The third-order valence-electron chi connectivity index (χ3n) is 3.99. The molecular formula is C20H18ClNO. The second kappa shape index (κ2) is 6.43. The third kappa shape index (κ3) is 3.38. The maximum Gasteiger partial charge on any atom is 0.145 e. The Kier molecular flexibility index (Phi) is 4.35. The predicted molar refractivity (Wildman–Crippen MR) is 97.1 cm³/mol. The molecule has 116 valence electrons. The van der Waals surface area contributed by atoms with Gasteiger partial charge in [0.2, 0.25) is 0 Å². The summed E-state index contributed by atoms with van der Waals surface area (Å²) in [5, 5.41) is 0.740. The number of furan rings is 1. The van der Waals surface area contributed by atoms with Gasteiger partial charge in [-0.1, -0.05) is 29.8 Å². The monoisotopic (exact) mass is 323 g/mol. The Labute approximate surface area is 141 Å². The van der Waals surface area contributed by atoms with Gasteiger partial charge in [0.25, 0.3) is 0 Å². The van der Waals surface area contributed by atoms with E-state index in [1.54, 1.807) is 6.21 Å². The first-order valence-electron chi connectivity index (χ1n) is 7.51. The summed E-state index contributed by atoms with van der Waals surface area (Å²) in [6.07, 6.45) is 1.74. The topological polar surface area (TPSA) is 25.5 Å². The van der Waals surface area contributed by atoms with Crippen molar-refractivity contribution in [1.29, 1.82) is 0 Å². The molecule has 3 aromatic rings. The van der Waals surface area contributed by atoms with Crippen molar-refractivity contribution in [2.75, 3.05) is 0 Å². The zero-order valence-electron chi connectivity index (χ0n) is 13.4. The maximum atomic E-state index is 6.17. The van der Waals surface area contributed by atoms with Crippen molar-refractivity contribution in [3.8, 4) is 11.3 Å². The van der Waals surface area contributed by atoms with Crippen LogP contribution in [0.2, 0.25) is 5.02 Å². The minimum atomic E-state index is 0.720. The largest absolute Gasteiger partial charge is 0.455 e. The van der Waals surface area contributed by atoms with Crippen LogP contribution in [0.15, 0.2) is 57.9 Å². The molecule has 1 aromatic heterocycles. The van der Waals surface area contributed by atoms with Crippen LogP contribution in [-0.2, 0) is 0 Å². The van der Waals surface area contributed by atoms with E-state index in [0.29, 0.717) is 0 Å². The van der Waals surface area contributed by atoms with Gasteiger partial charge in [0.15, 0.2) is 0 Å². The van der Waals surface area contributed by atoms with Gasteiger partial charge < -0.3 is 4.42 Å². The van der Waals surface area contributed by atoms with E-state index < -0.39 is 0 Å². The SMILES string of the molecule is Cc1ccc(N=Cc2ccc(-c3cccc(Cl)c3C)o2)cc1C. The molecule has 0 bridgehead atoms. The lowest BCUT2D eigenvalue weighted by Crippen LogP contribution is -1.82. The number of nitrogens with zero attached hydrogens (tertiary/aromatic N) is 1. The number of aryl methyl sites for hydroxylation is 2. The molecule has 1 heterocycles. The molecule has 23 heavy (non-hydrogen) atoms. The van der Waals surface area contributed by atoms with Crippen LogP contribution in [0.25, 0.3) is 11.3 Å². The lowest BCUT2D eigenvalue weighted by atomic mass is 10.1. The summed E-state index contributed by atoms with van der Waals surface area (Å²) < 4.78 is 5.87. The van der Waals surface area contributed by atoms with E-state index in [0.717, 1.165) is 33.4 Å². The lowest BCUT2D eigenvalue weighted by molar-refractivity contribution is 0.575. The summed E-state index contributed by atoms with van der Waals surface area (Å²) in [5.41, 5.74) is 5.43. The fraction of sp³-hybridized carbons (Fsp3) is 0.150. The van der Waals surface area contributed by atoms with Crippen LogP contribution in [0, 0.1) is 20.8 Å².